The van der Waals surface area contributed by atoms with Gasteiger partial charge in [0.2, 0.25) is 5.95 Å². The third-order valence-electron chi connectivity index (χ3n) is 13.3. The molecule has 300 valence electrons. The van der Waals surface area contributed by atoms with E-state index in [1.807, 2.05) is 36.4 Å². The van der Waals surface area contributed by atoms with Crippen LogP contribution in [-0.2, 0) is 12.8 Å². The highest BCUT2D eigenvalue weighted by Crippen LogP contribution is 2.45. The molecule has 63 heavy (non-hydrogen) atoms. The quantitative estimate of drug-likeness (QED) is 0.174. The van der Waals surface area contributed by atoms with Gasteiger partial charge < -0.3 is 9.13 Å². The number of rotatable bonds is 5. The molecular formula is C57H42N6. The van der Waals surface area contributed by atoms with Crippen molar-refractivity contribution < 1.29 is 0 Å². The first-order valence-corrected chi connectivity index (χ1v) is 21.9. The average molecular weight is 811 g/mol. The van der Waals surface area contributed by atoms with Gasteiger partial charge in [-0.05, 0) is 124 Å². The lowest BCUT2D eigenvalue weighted by Crippen LogP contribution is -2.07. The fraction of sp³-hybridized carbons (Fsp3) is 0.105. The molecule has 0 unspecified atom stereocenters. The first-order chi connectivity index (χ1) is 30.8. The molecule has 0 N–H and O–H groups in total. The molecule has 0 atom stereocenters. The van der Waals surface area contributed by atoms with Crippen LogP contribution in [0.4, 0.5) is 0 Å². The Morgan fingerprint density at radius 2 is 0.714 bits per heavy atom. The molecule has 0 fully saturated rings. The molecule has 0 amide bonds. The van der Waals surface area contributed by atoms with Crippen molar-refractivity contribution in [2.24, 2.45) is 0 Å². The number of fused-ring (bicyclic) bond motifs is 6. The summed E-state index contributed by atoms with van der Waals surface area (Å²) in [6, 6.07) is 57.6. The SMILES string of the molecule is Cc1ccc2c(c1)c1cc(C)ccc1n2-c1cc2c3c4c(cc(-n5c6ccc(C)cc6c6cc(C)ccc65)cc4n(-c4nc(-c5ccccc5)nc(-c5ccccc5)n4)c3c1)CC2. The second kappa shape index (κ2) is 13.3. The van der Waals surface area contributed by atoms with Gasteiger partial charge in [-0.3, -0.25) is 4.57 Å². The van der Waals surface area contributed by atoms with Crippen molar-refractivity contribution in [3.63, 3.8) is 0 Å². The molecule has 4 aromatic heterocycles. The van der Waals surface area contributed by atoms with Crippen LogP contribution in [0.1, 0.15) is 33.4 Å². The lowest BCUT2D eigenvalue weighted by atomic mass is 9.90. The first kappa shape index (κ1) is 35.9. The minimum Gasteiger partial charge on any atom is -0.309 e. The Labute approximate surface area is 364 Å². The smallest absolute Gasteiger partial charge is 0.238 e. The standard InChI is InChI=1S/C57H42N6/c1-33-15-21-47-43(25-33)44-26-34(2)16-22-48(44)61(47)41-29-39-19-20-40-30-42(62-49-23-17-35(3)27-45(49)46-28-36(4)18-24-50(46)62)32-52-54(40)53(39)51(31-41)63(52)57-59-55(37-11-7-5-8-12-37)58-56(60-57)38-13-9-6-10-14-38/h5-18,21-32H,19-20H2,1-4H3. The fourth-order valence-corrected chi connectivity index (χ4v) is 10.5. The van der Waals surface area contributed by atoms with Crippen molar-refractivity contribution in [1.82, 2.24) is 28.7 Å². The van der Waals surface area contributed by atoms with Crippen LogP contribution < -0.4 is 0 Å². The monoisotopic (exact) mass is 810 g/mol. The first-order valence-electron chi connectivity index (χ1n) is 21.9. The molecule has 6 heteroatoms. The Morgan fingerprint density at radius 1 is 0.349 bits per heavy atom. The van der Waals surface area contributed by atoms with Gasteiger partial charge in [-0.2, -0.15) is 9.97 Å². The lowest BCUT2D eigenvalue weighted by molar-refractivity contribution is 0.952. The summed E-state index contributed by atoms with van der Waals surface area (Å²) < 4.78 is 7.26. The summed E-state index contributed by atoms with van der Waals surface area (Å²) in [6.07, 6.45) is 1.84. The van der Waals surface area contributed by atoms with Crippen LogP contribution in [0.2, 0.25) is 0 Å². The van der Waals surface area contributed by atoms with Crippen molar-refractivity contribution in [3.05, 3.63) is 191 Å². The van der Waals surface area contributed by atoms with E-state index in [1.54, 1.807) is 0 Å². The van der Waals surface area contributed by atoms with Gasteiger partial charge in [-0.25, -0.2) is 4.98 Å². The Balaban J connectivity index is 1.17. The van der Waals surface area contributed by atoms with Crippen LogP contribution in [0.3, 0.4) is 0 Å². The van der Waals surface area contributed by atoms with Crippen molar-refractivity contribution in [1.29, 1.82) is 0 Å². The number of hydrogen-bond acceptors (Lipinski definition) is 3. The van der Waals surface area contributed by atoms with E-state index in [0.717, 1.165) is 46.4 Å². The summed E-state index contributed by atoms with van der Waals surface area (Å²) in [5.74, 6) is 1.87. The van der Waals surface area contributed by atoms with Crippen molar-refractivity contribution in [2.75, 3.05) is 0 Å². The van der Waals surface area contributed by atoms with E-state index in [2.05, 4.69) is 163 Å². The molecule has 0 saturated carbocycles. The van der Waals surface area contributed by atoms with E-state index in [1.165, 1.54) is 87.8 Å². The number of aryl methyl sites for hydroxylation is 6. The topological polar surface area (TPSA) is 53.5 Å². The predicted molar refractivity (Wildman–Crippen MR) is 260 cm³/mol. The highest BCUT2D eigenvalue weighted by molar-refractivity contribution is 6.16. The number of nitrogens with zero attached hydrogens (tertiary/aromatic N) is 6. The van der Waals surface area contributed by atoms with Crippen LogP contribution in [0.25, 0.3) is 106 Å². The van der Waals surface area contributed by atoms with Gasteiger partial charge in [0, 0.05) is 54.8 Å². The molecular weight excluding hydrogens is 769 g/mol. The Hall–Kier alpha value is -7.83. The van der Waals surface area contributed by atoms with Gasteiger partial charge in [0.25, 0.3) is 0 Å². The van der Waals surface area contributed by atoms with Gasteiger partial charge in [0.15, 0.2) is 11.6 Å². The zero-order chi connectivity index (χ0) is 42.1. The van der Waals surface area contributed by atoms with Gasteiger partial charge >= 0.3 is 0 Å². The minimum absolute atomic E-state index is 0.595. The number of benzene rings is 8. The zero-order valence-corrected chi connectivity index (χ0v) is 35.6. The van der Waals surface area contributed by atoms with Crippen LogP contribution >= 0.6 is 0 Å². The highest BCUT2D eigenvalue weighted by Gasteiger charge is 2.27. The van der Waals surface area contributed by atoms with Crippen LogP contribution in [0.15, 0.2) is 158 Å². The van der Waals surface area contributed by atoms with Crippen molar-refractivity contribution >= 4 is 65.4 Å². The summed E-state index contributed by atoms with van der Waals surface area (Å²) in [5.41, 5.74) is 18.8. The van der Waals surface area contributed by atoms with Gasteiger partial charge in [-0.1, -0.05) is 107 Å². The van der Waals surface area contributed by atoms with Gasteiger partial charge in [0.05, 0.1) is 33.1 Å². The van der Waals surface area contributed by atoms with Crippen molar-refractivity contribution in [2.45, 2.75) is 40.5 Å². The summed E-state index contributed by atoms with van der Waals surface area (Å²) >= 11 is 0. The molecule has 0 bridgehead atoms. The van der Waals surface area contributed by atoms with E-state index >= 15 is 0 Å². The molecule has 4 heterocycles. The molecule has 13 rings (SSSR count). The lowest BCUT2D eigenvalue weighted by Gasteiger charge is -2.17. The van der Waals surface area contributed by atoms with Crippen LogP contribution in [0, 0.1) is 27.7 Å². The zero-order valence-electron chi connectivity index (χ0n) is 35.6. The maximum atomic E-state index is 5.40. The molecule has 6 nitrogen and oxygen atoms in total. The number of hydrogen-bond donors (Lipinski definition) is 0. The fourth-order valence-electron chi connectivity index (χ4n) is 10.5. The average Bonchev–Trinajstić information content (AvgIpc) is 3.93. The Kier molecular flexibility index (Phi) is 7.59. The van der Waals surface area contributed by atoms with E-state index < -0.39 is 0 Å². The second-order valence-electron chi connectivity index (χ2n) is 17.6. The molecule has 0 aliphatic heterocycles. The van der Waals surface area contributed by atoms with E-state index in [0.29, 0.717) is 17.6 Å². The van der Waals surface area contributed by atoms with E-state index in [9.17, 15) is 0 Å². The third kappa shape index (κ3) is 5.40. The second-order valence-corrected chi connectivity index (χ2v) is 17.6. The minimum atomic E-state index is 0.595. The normalized spacial score (nSPS) is 12.6. The van der Waals surface area contributed by atoms with Gasteiger partial charge in [0.1, 0.15) is 0 Å². The molecule has 1 aliphatic rings. The van der Waals surface area contributed by atoms with E-state index in [-0.39, 0.29) is 0 Å². The summed E-state index contributed by atoms with van der Waals surface area (Å²) in [5, 5.41) is 7.61. The maximum absolute atomic E-state index is 5.40. The molecule has 1 aliphatic carbocycles. The van der Waals surface area contributed by atoms with Crippen LogP contribution in [-0.4, -0.2) is 28.7 Å². The molecule has 0 saturated heterocycles. The van der Waals surface area contributed by atoms with Crippen LogP contribution in [0.5, 0.6) is 0 Å². The maximum Gasteiger partial charge on any atom is 0.238 e. The summed E-state index contributed by atoms with van der Waals surface area (Å²) in [7, 11) is 0. The molecule has 0 spiro atoms. The molecule has 8 aromatic carbocycles. The van der Waals surface area contributed by atoms with E-state index in [4.69, 9.17) is 15.0 Å². The Morgan fingerprint density at radius 3 is 1.08 bits per heavy atom. The number of aromatic nitrogens is 6. The summed E-state index contributed by atoms with van der Waals surface area (Å²) in [4.78, 5) is 15.9. The largest absolute Gasteiger partial charge is 0.309 e. The van der Waals surface area contributed by atoms with Crippen molar-refractivity contribution in [3.8, 4) is 40.1 Å². The molecule has 0 radical (unpaired) electrons. The highest BCUT2D eigenvalue weighted by atomic mass is 15.2. The predicted octanol–water partition coefficient (Wildman–Crippen LogP) is 13.8. The van der Waals surface area contributed by atoms with Gasteiger partial charge in [-0.15, -0.1) is 0 Å². The third-order valence-corrected chi connectivity index (χ3v) is 13.3. The summed E-state index contributed by atoms with van der Waals surface area (Å²) in [6.45, 7) is 8.73. The molecule has 12 aromatic rings. The Bertz CT molecular complexity index is 3520.